The van der Waals surface area contributed by atoms with Gasteiger partial charge in [-0.05, 0) is 44.0 Å². The smallest absolute Gasteiger partial charge is 0.317 e. The molecule has 0 bridgehead atoms. The molecular formula is C21H29N5O. The first kappa shape index (κ1) is 19.3. The number of aromatic nitrogens is 2. The fourth-order valence-electron chi connectivity index (χ4n) is 3.38. The third-order valence-electron chi connectivity index (χ3n) is 5.14. The first-order chi connectivity index (χ1) is 13.0. The number of pyridine rings is 2. The van der Waals surface area contributed by atoms with E-state index in [-0.39, 0.29) is 12.1 Å². The van der Waals surface area contributed by atoms with Crippen molar-refractivity contribution in [1.29, 1.82) is 0 Å². The van der Waals surface area contributed by atoms with Crippen LogP contribution in [0.15, 0.2) is 36.7 Å². The van der Waals surface area contributed by atoms with Crippen molar-refractivity contribution in [2.75, 3.05) is 26.2 Å². The van der Waals surface area contributed by atoms with Gasteiger partial charge in [0.15, 0.2) is 0 Å². The average molecular weight is 367 g/mol. The molecule has 0 spiro atoms. The number of urea groups is 1. The van der Waals surface area contributed by atoms with Gasteiger partial charge in [-0.1, -0.05) is 12.1 Å². The van der Waals surface area contributed by atoms with Crippen molar-refractivity contribution in [3.05, 3.63) is 59.2 Å². The summed E-state index contributed by atoms with van der Waals surface area (Å²) in [4.78, 5) is 25.7. The van der Waals surface area contributed by atoms with Crippen molar-refractivity contribution in [2.45, 2.75) is 39.8 Å². The minimum absolute atomic E-state index is 0.0183. The Balaban J connectivity index is 1.45. The Hall–Kier alpha value is -2.47. The molecule has 1 saturated heterocycles. The van der Waals surface area contributed by atoms with Crippen LogP contribution < -0.4 is 5.32 Å². The maximum atomic E-state index is 12.6. The van der Waals surface area contributed by atoms with Crippen molar-refractivity contribution in [3.63, 3.8) is 0 Å². The summed E-state index contributed by atoms with van der Waals surface area (Å²) in [5.41, 5.74) is 4.55. The molecule has 0 radical (unpaired) electrons. The van der Waals surface area contributed by atoms with Gasteiger partial charge in [-0.15, -0.1) is 0 Å². The topological polar surface area (TPSA) is 61.4 Å². The molecule has 3 rings (SSSR count). The molecule has 1 aliphatic heterocycles. The number of piperazine rings is 1. The number of amides is 2. The molecule has 3 heterocycles. The molecule has 0 saturated carbocycles. The minimum atomic E-state index is 0.0183. The Labute approximate surface area is 161 Å². The first-order valence-electron chi connectivity index (χ1n) is 9.61. The highest BCUT2D eigenvalue weighted by Gasteiger charge is 2.22. The maximum absolute atomic E-state index is 12.6. The number of nitrogens with zero attached hydrogens (tertiary/aromatic N) is 4. The Morgan fingerprint density at radius 1 is 1.04 bits per heavy atom. The molecule has 144 valence electrons. The van der Waals surface area contributed by atoms with Crippen molar-refractivity contribution in [1.82, 2.24) is 25.1 Å². The molecule has 1 N–H and O–H groups in total. The lowest BCUT2D eigenvalue weighted by atomic mass is 10.1. The SMILES string of the molecule is Cc1cccnc1C[C@@H](C)NC(=O)N1CCN(Cc2ncccc2C)CC1. The molecule has 27 heavy (non-hydrogen) atoms. The van der Waals surface area contributed by atoms with Crippen molar-refractivity contribution in [3.8, 4) is 0 Å². The highest BCUT2D eigenvalue weighted by atomic mass is 16.2. The number of nitrogens with one attached hydrogen (secondary N) is 1. The minimum Gasteiger partial charge on any atom is -0.335 e. The number of rotatable bonds is 5. The van der Waals surface area contributed by atoms with E-state index < -0.39 is 0 Å². The first-order valence-corrected chi connectivity index (χ1v) is 9.61. The summed E-state index contributed by atoms with van der Waals surface area (Å²) in [6, 6.07) is 8.13. The van der Waals surface area contributed by atoms with Crippen molar-refractivity contribution < 1.29 is 4.79 Å². The van der Waals surface area contributed by atoms with Crippen LogP contribution in [0.5, 0.6) is 0 Å². The van der Waals surface area contributed by atoms with Gasteiger partial charge in [0.2, 0.25) is 0 Å². The van der Waals surface area contributed by atoms with E-state index in [9.17, 15) is 4.79 Å². The molecule has 6 heteroatoms. The van der Waals surface area contributed by atoms with Gasteiger partial charge in [0.1, 0.15) is 0 Å². The predicted molar refractivity (Wildman–Crippen MR) is 106 cm³/mol. The summed E-state index contributed by atoms with van der Waals surface area (Å²) in [7, 11) is 0. The van der Waals surface area contributed by atoms with Crippen LogP contribution in [-0.4, -0.2) is 58.0 Å². The lowest BCUT2D eigenvalue weighted by Crippen LogP contribution is -2.53. The molecule has 2 aromatic heterocycles. The number of hydrogen-bond acceptors (Lipinski definition) is 4. The average Bonchev–Trinajstić information content (AvgIpc) is 2.66. The monoisotopic (exact) mass is 367 g/mol. The third kappa shape index (κ3) is 5.26. The predicted octanol–water partition coefficient (Wildman–Crippen LogP) is 2.55. The van der Waals surface area contributed by atoms with Gasteiger partial charge in [-0.3, -0.25) is 14.9 Å². The van der Waals surface area contributed by atoms with Crippen LogP contribution in [0.1, 0.15) is 29.4 Å². The van der Waals surface area contributed by atoms with E-state index in [2.05, 4.69) is 46.2 Å². The lowest BCUT2D eigenvalue weighted by Gasteiger charge is -2.35. The fraction of sp³-hybridized carbons (Fsp3) is 0.476. The van der Waals surface area contributed by atoms with Crippen molar-refractivity contribution in [2.24, 2.45) is 0 Å². The van der Waals surface area contributed by atoms with Crippen LogP contribution >= 0.6 is 0 Å². The van der Waals surface area contributed by atoms with E-state index in [1.54, 1.807) is 6.20 Å². The van der Waals surface area contributed by atoms with Gasteiger partial charge in [-0.25, -0.2) is 4.79 Å². The van der Waals surface area contributed by atoms with Crippen LogP contribution in [0, 0.1) is 13.8 Å². The Kier molecular flexibility index (Phi) is 6.40. The van der Waals surface area contributed by atoms with Gasteiger partial charge in [0.25, 0.3) is 0 Å². The zero-order chi connectivity index (χ0) is 19.2. The summed E-state index contributed by atoms with van der Waals surface area (Å²) in [6.07, 6.45) is 4.40. The van der Waals surface area contributed by atoms with Crippen molar-refractivity contribution >= 4 is 6.03 Å². The van der Waals surface area contributed by atoms with Crippen LogP contribution in [0.2, 0.25) is 0 Å². The normalized spacial score (nSPS) is 16.2. The molecule has 1 atom stereocenters. The van der Waals surface area contributed by atoms with E-state index in [0.717, 1.165) is 56.1 Å². The van der Waals surface area contributed by atoms with E-state index >= 15 is 0 Å². The van der Waals surface area contributed by atoms with Crippen LogP contribution in [0.3, 0.4) is 0 Å². The molecule has 1 fully saturated rings. The molecular weight excluding hydrogens is 338 g/mol. The van der Waals surface area contributed by atoms with Gasteiger partial charge in [0, 0.05) is 63.3 Å². The summed E-state index contributed by atoms with van der Waals surface area (Å²) < 4.78 is 0. The molecule has 2 amide bonds. The Morgan fingerprint density at radius 3 is 2.22 bits per heavy atom. The number of aryl methyl sites for hydroxylation is 2. The van der Waals surface area contributed by atoms with Gasteiger partial charge in [-0.2, -0.15) is 0 Å². The number of carbonyl (C=O) groups is 1. The summed E-state index contributed by atoms with van der Waals surface area (Å²) in [6.45, 7) is 10.3. The van der Waals surface area contributed by atoms with Gasteiger partial charge >= 0.3 is 6.03 Å². The number of carbonyl (C=O) groups excluding carboxylic acids is 1. The zero-order valence-electron chi connectivity index (χ0n) is 16.5. The summed E-state index contributed by atoms with van der Waals surface area (Å²) >= 11 is 0. The highest BCUT2D eigenvalue weighted by Crippen LogP contribution is 2.11. The van der Waals surface area contributed by atoms with Crippen LogP contribution in [0.4, 0.5) is 4.79 Å². The standard InChI is InChI=1S/C21H29N5O/c1-16-6-4-8-22-19(16)14-18(3)24-21(27)26-12-10-25(11-13-26)15-20-17(2)7-5-9-23-20/h4-9,18H,10-15H2,1-3H3,(H,24,27)/t18-/m1/s1. The van der Waals surface area contributed by atoms with Gasteiger partial charge < -0.3 is 10.2 Å². The van der Waals surface area contributed by atoms with E-state index in [1.165, 1.54) is 5.56 Å². The molecule has 6 nitrogen and oxygen atoms in total. The quantitative estimate of drug-likeness (QED) is 0.882. The second-order valence-corrected chi connectivity index (χ2v) is 7.35. The summed E-state index contributed by atoms with van der Waals surface area (Å²) in [5, 5.41) is 3.12. The maximum Gasteiger partial charge on any atom is 0.317 e. The second kappa shape index (κ2) is 8.95. The van der Waals surface area contributed by atoms with Gasteiger partial charge in [0.05, 0.1) is 5.69 Å². The molecule has 0 unspecified atom stereocenters. The van der Waals surface area contributed by atoms with Crippen LogP contribution in [-0.2, 0) is 13.0 Å². The largest absolute Gasteiger partial charge is 0.335 e. The fourth-order valence-corrected chi connectivity index (χ4v) is 3.38. The Bertz CT molecular complexity index is 771. The molecule has 1 aliphatic rings. The highest BCUT2D eigenvalue weighted by molar-refractivity contribution is 5.74. The zero-order valence-corrected chi connectivity index (χ0v) is 16.5. The van der Waals surface area contributed by atoms with E-state index in [1.807, 2.05) is 30.2 Å². The van der Waals surface area contributed by atoms with Crippen LogP contribution in [0.25, 0.3) is 0 Å². The molecule has 2 aromatic rings. The Morgan fingerprint density at radius 2 is 1.63 bits per heavy atom. The summed E-state index contributed by atoms with van der Waals surface area (Å²) in [5.74, 6) is 0. The van der Waals surface area contributed by atoms with E-state index in [0.29, 0.717) is 0 Å². The van der Waals surface area contributed by atoms with E-state index in [4.69, 9.17) is 0 Å². The third-order valence-corrected chi connectivity index (χ3v) is 5.14. The molecule has 0 aromatic carbocycles. The molecule has 0 aliphatic carbocycles. The lowest BCUT2D eigenvalue weighted by molar-refractivity contribution is 0.132. The second-order valence-electron chi connectivity index (χ2n) is 7.35. The number of hydrogen-bond donors (Lipinski definition) is 1.